The zero-order valence-corrected chi connectivity index (χ0v) is 19.7. The predicted molar refractivity (Wildman–Crippen MR) is 130 cm³/mol. The van der Waals surface area contributed by atoms with Gasteiger partial charge in [0.1, 0.15) is 5.75 Å². The van der Waals surface area contributed by atoms with Crippen molar-refractivity contribution in [3.05, 3.63) is 78.1 Å². The van der Waals surface area contributed by atoms with E-state index in [-0.39, 0.29) is 17.6 Å². The lowest BCUT2D eigenvalue weighted by Crippen LogP contribution is -2.28. The normalized spacial score (nSPS) is 11.5. The van der Waals surface area contributed by atoms with Crippen LogP contribution in [0, 0.1) is 6.92 Å². The Morgan fingerprint density at radius 3 is 2.64 bits per heavy atom. The molecule has 0 fully saturated rings. The first-order valence-electron chi connectivity index (χ1n) is 10.4. The lowest BCUT2D eigenvalue weighted by molar-refractivity contribution is -0.113. The SMILES string of the molecule is C=CCn1c(SCC(=O)Nc2cccc(C)c2)nnc1[C@H](C)NC(=O)c1ccc(OC)cc1. The van der Waals surface area contributed by atoms with Gasteiger partial charge in [-0.15, -0.1) is 16.8 Å². The van der Waals surface area contributed by atoms with Gasteiger partial charge in [-0.3, -0.25) is 9.59 Å². The van der Waals surface area contributed by atoms with Gasteiger partial charge in [0.2, 0.25) is 5.91 Å². The zero-order valence-electron chi connectivity index (χ0n) is 18.9. The molecule has 0 bridgehead atoms. The van der Waals surface area contributed by atoms with Crippen molar-refractivity contribution in [2.24, 2.45) is 0 Å². The molecule has 1 atom stereocenters. The van der Waals surface area contributed by atoms with Crippen LogP contribution in [0.25, 0.3) is 0 Å². The minimum atomic E-state index is -0.400. The maximum absolute atomic E-state index is 12.6. The van der Waals surface area contributed by atoms with E-state index in [1.807, 2.05) is 42.7 Å². The molecule has 172 valence electrons. The average molecular weight is 466 g/mol. The third-order valence-corrected chi connectivity index (χ3v) is 5.75. The fourth-order valence-electron chi connectivity index (χ4n) is 3.16. The standard InChI is InChI=1S/C24H27N5O3S/c1-5-13-29-22(17(3)25-23(31)18-9-11-20(32-4)12-10-18)27-28-24(29)33-15-21(30)26-19-8-6-7-16(2)14-19/h5-12,14,17H,1,13,15H2,2-4H3,(H,25,31)(H,26,30)/t17-/m0/s1. The molecule has 0 aliphatic carbocycles. The molecule has 1 heterocycles. The molecule has 33 heavy (non-hydrogen) atoms. The minimum Gasteiger partial charge on any atom is -0.497 e. The van der Waals surface area contributed by atoms with Gasteiger partial charge >= 0.3 is 0 Å². The Morgan fingerprint density at radius 1 is 1.21 bits per heavy atom. The summed E-state index contributed by atoms with van der Waals surface area (Å²) in [5.74, 6) is 1.07. The number of ether oxygens (including phenoxy) is 1. The summed E-state index contributed by atoms with van der Waals surface area (Å²) >= 11 is 1.28. The van der Waals surface area contributed by atoms with Crippen molar-refractivity contribution in [2.45, 2.75) is 31.6 Å². The summed E-state index contributed by atoms with van der Waals surface area (Å²) in [5, 5.41) is 14.9. The maximum atomic E-state index is 12.6. The lowest BCUT2D eigenvalue weighted by atomic mass is 10.2. The molecule has 0 spiro atoms. The first-order chi connectivity index (χ1) is 15.9. The van der Waals surface area contributed by atoms with Crippen LogP contribution in [-0.2, 0) is 11.3 Å². The number of aromatic nitrogens is 3. The van der Waals surface area contributed by atoms with Crippen molar-refractivity contribution in [1.82, 2.24) is 20.1 Å². The van der Waals surface area contributed by atoms with Crippen LogP contribution in [0.4, 0.5) is 5.69 Å². The van der Waals surface area contributed by atoms with Gasteiger partial charge in [0.15, 0.2) is 11.0 Å². The van der Waals surface area contributed by atoms with Gasteiger partial charge < -0.3 is 19.9 Å². The highest BCUT2D eigenvalue weighted by Crippen LogP contribution is 2.22. The molecule has 2 N–H and O–H groups in total. The maximum Gasteiger partial charge on any atom is 0.251 e. The van der Waals surface area contributed by atoms with Crippen LogP contribution in [0.1, 0.15) is 34.7 Å². The minimum absolute atomic E-state index is 0.138. The second-order valence-corrected chi connectivity index (χ2v) is 8.31. The molecule has 0 radical (unpaired) electrons. The highest BCUT2D eigenvalue weighted by Gasteiger charge is 2.20. The summed E-state index contributed by atoms with van der Waals surface area (Å²) < 4.78 is 6.97. The van der Waals surface area contributed by atoms with Gasteiger partial charge in [0, 0.05) is 17.8 Å². The molecule has 9 heteroatoms. The summed E-state index contributed by atoms with van der Waals surface area (Å²) in [5.41, 5.74) is 2.34. The van der Waals surface area contributed by atoms with Crippen LogP contribution in [0.15, 0.2) is 66.3 Å². The summed E-state index contributed by atoms with van der Waals surface area (Å²) in [4.78, 5) is 25.0. The number of hydrogen-bond donors (Lipinski definition) is 2. The van der Waals surface area contributed by atoms with Gasteiger partial charge in [0.25, 0.3) is 5.91 Å². The molecule has 0 aliphatic heterocycles. The van der Waals surface area contributed by atoms with E-state index >= 15 is 0 Å². The molecule has 0 aliphatic rings. The monoisotopic (exact) mass is 465 g/mol. The lowest BCUT2D eigenvalue weighted by Gasteiger charge is -2.15. The van der Waals surface area contributed by atoms with E-state index in [2.05, 4.69) is 27.4 Å². The van der Waals surface area contributed by atoms with Crippen molar-refractivity contribution in [3.8, 4) is 5.75 Å². The number of nitrogens with zero attached hydrogens (tertiary/aromatic N) is 3. The number of methoxy groups -OCH3 is 1. The van der Waals surface area contributed by atoms with Crippen LogP contribution in [0.5, 0.6) is 5.75 Å². The summed E-state index contributed by atoms with van der Waals surface area (Å²) in [7, 11) is 1.57. The number of carbonyl (C=O) groups is 2. The number of aryl methyl sites for hydroxylation is 1. The van der Waals surface area contributed by atoms with Crippen LogP contribution in [0.3, 0.4) is 0 Å². The number of hydrogen-bond acceptors (Lipinski definition) is 6. The highest BCUT2D eigenvalue weighted by atomic mass is 32.2. The van der Waals surface area contributed by atoms with E-state index in [0.29, 0.717) is 28.8 Å². The smallest absolute Gasteiger partial charge is 0.251 e. The molecule has 0 unspecified atom stereocenters. The first kappa shape index (κ1) is 24.1. The van der Waals surface area contributed by atoms with Gasteiger partial charge in [-0.2, -0.15) is 0 Å². The highest BCUT2D eigenvalue weighted by molar-refractivity contribution is 7.99. The Labute approximate surface area is 197 Å². The molecular formula is C24H27N5O3S. The number of rotatable bonds is 10. The van der Waals surface area contributed by atoms with Crippen LogP contribution < -0.4 is 15.4 Å². The predicted octanol–water partition coefficient (Wildman–Crippen LogP) is 4.00. The third-order valence-electron chi connectivity index (χ3n) is 4.78. The van der Waals surface area contributed by atoms with E-state index in [0.717, 1.165) is 11.3 Å². The van der Waals surface area contributed by atoms with E-state index in [4.69, 9.17) is 4.74 Å². The van der Waals surface area contributed by atoms with Gasteiger partial charge in [0.05, 0.1) is 18.9 Å². The summed E-state index contributed by atoms with van der Waals surface area (Å²) in [6.07, 6.45) is 1.72. The Bertz CT molecular complexity index is 1130. The second-order valence-electron chi connectivity index (χ2n) is 7.37. The Kier molecular flexibility index (Phi) is 8.26. The molecular weight excluding hydrogens is 438 g/mol. The van der Waals surface area contributed by atoms with Gasteiger partial charge in [-0.1, -0.05) is 30.0 Å². The van der Waals surface area contributed by atoms with Crippen molar-refractivity contribution >= 4 is 29.3 Å². The van der Waals surface area contributed by atoms with Crippen molar-refractivity contribution in [3.63, 3.8) is 0 Å². The molecule has 2 amide bonds. The molecule has 0 saturated heterocycles. The number of thioether (sulfide) groups is 1. The molecule has 3 rings (SSSR count). The fourth-order valence-corrected chi connectivity index (χ4v) is 3.92. The molecule has 2 aromatic carbocycles. The van der Waals surface area contributed by atoms with E-state index in [9.17, 15) is 9.59 Å². The van der Waals surface area contributed by atoms with Crippen LogP contribution in [-0.4, -0.2) is 39.4 Å². The van der Waals surface area contributed by atoms with Gasteiger partial charge in [-0.25, -0.2) is 0 Å². The number of amides is 2. The quantitative estimate of drug-likeness (QED) is 0.347. The first-order valence-corrected chi connectivity index (χ1v) is 11.4. The molecule has 8 nitrogen and oxygen atoms in total. The number of benzene rings is 2. The molecule has 3 aromatic rings. The zero-order chi connectivity index (χ0) is 23.8. The molecule has 1 aromatic heterocycles. The van der Waals surface area contributed by atoms with Gasteiger partial charge in [-0.05, 0) is 55.8 Å². The van der Waals surface area contributed by atoms with E-state index in [1.54, 1.807) is 37.5 Å². The summed E-state index contributed by atoms with van der Waals surface area (Å²) in [6.45, 7) is 8.06. The largest absolute Gasteiger partial charge is 0.497 e. The number of carbonyl (C=O) groups excluding carboxylic acids is 2. The number of anilines is 1. The number of allylic oxidation sites excluding steroid dienone is 1. The van der Waals surface area contributed by atoms with Crippen LogP contribution >= 0.6 is 11.8 Å². The van der Waals surface area contributed by atoms with Crippen molar-refractivity contribution in [1.29, 1.82) is 0 Å². The summed E-state index contributed by atoms with van der Waals surface area (Å²) in [6, 6.07) is 14.1. The Balaban J connectivity index is 1.65. The number of nitrogens with one attached hydrogen (secondary N) is 2. The second kappa shape index (κ2) is 11.3. The average Bonchev–Trinajstić information content (AvgIpc) is 3.20. The van der Waals surface area contributed by atoms with Crippen molar-refractivity contribution < 1.29 is 14.3 Å². The molecule has 0 saturated carbocycles. The van der Waals surface area contributed by atoms with E-state index < -0.39 is 6.04 Å². The topological polar surface area (TPSA) is 98.1 Å². The van der Waals surface area contributed by atoms with E-state index in [1.165, 1.54) is 11.8 Å². The Hall–Kier alpha value is -3.59. The third kappa shape index (κ3) is 6.45. The Morgan fingerprint density at radius 2 is 1.97 bits per heavy atom. The van der Waals surface area contributed by atoms with Crippen LogP contribution in [0.2, 0.25) is 0 Å². The fraction of sp³-hybridized carbons (Fsp3) is 0.250. The van der Waals surface area contributed by atoms with Crippen molar-refractivity contribution in [2.75, 3.05) is 18.2 Å².